The summed E-state index contributed by atoms with van der Waals surface area (Å²) in [7, 11) is 0. The molecule has 2 aromatic rings. The molecule has 0 amide bonds. The Bertz CT molecular complexity index is 568. The van der Waals surface area contributed by atoms with Crippen LogP contribution in [0.15, 0.2) is 34.8 Å². The number of thiophene rings is 1. The van der Waals surface area contributed by atoms with Gasteiger partial charge in [0.15, 0.2) is 0 Å². The minimum atomic E-state index is -0.437. The molecule has 0 bridgehead atoms. The first-order valence-electron chi connectivity index (χ1n) is 4.99. The lowest BCUT2D eigenvalue weighted by Crippen LogP contribution is -2.00. The summed E-state index contributed by atoms with van der Waals surface area (Å²) < 4.78 is 14.1. The van der Waals surface area contributed by atoms with Crippen LogP contribution in [0.2, 0.25) is 0 Å². The van der Waals surface area contributed by atoms with Crippen LogP contribution in [0.5, 0.6) is 0 Å². The molecule has 0 radical (unpaired) electrons. The molecule has 1 aromatic carbocycles. The fourth-order valence-corrected chi connectivity index (χ4v) is 2.64. The van der Waals surface area contributed by atoms with Crippen LogP contribution in [0.1, 0.15) is 4.88 Å². The van der Waals surface area contributed by atoms with Gasteiger partial charge in [0.25, 0.3) is 0 Å². The monoisotopic (exact) mass is 330 g/mol. The third kappa shape index (κ3) is 2.85. The summed E-state index contributed by atoms with van der Waals surface area (Å²) in [6, 6.07) is 7.77. The van der Waals surface area contributed by atoms with E-state index >= 15 is 0 Å². The molecule has 0 saturated heterocycles. The largest absolute Gasteiger partial charge is 0.377 e. The molecule has 94 valence electrons. The number of nitrogens with one attached hydrogen (secondary N) is 1. The molecule has 7 heteroatoms. The van der Waals surface area contributed by atoms with E-state index in [1.54, 1.807) is 18.2 Å². The van der Waals surface area contributed by atoms with E-state index < -0.39 is 4.92 Å². The minimum absolute atomic E-state index is 0.0828. The maximum atomic E-state index is 13.5. The maximum absolute atomic E-state index is 13.5. The highest BCUT2D eigenvalue weighted by molar-refractivity contribution is 9.10. The van der Waals surface area contributed by atoms with Gasteiger partial charge in [0.2, 0.25) is 0 Å². The molecule has 0 aliphatic carbocycles. The highest BCUT2D eigenvalue weighted by Gasteiger charge is 2.11. The third-order valence-electron chi connectivity index (χ3n) is 2.23. The van der Waals surface area contributed by atoms with E-state index in [0.29, 0.717) is 16.7 Å². The van der Waals surface area contributed by atoms with E-state index in [1.165, 1.54) is 12.1 Å². The number of para-hydroxylation sites is 1. The first kappa shape index (κ1) is 13.0. The Morgan fingerprint density at radius 1 is 1.39 bits per heavy atom. The molecule has 1 N–H and O–H groups in total. The van der Waals surface area contributed by atoms with Crippen LogP contribution in [0.4, 0.5) is 15.1 Å². The first-order valence-corrected chi connectivity index (χ1v) is 6.60. The second-order valence-electron chi connectivity index (χ2n) is 3.45. The average Bonchev–Trinajstić information content (AvgIpc) is 2.77. The van der Waals surface area contributed by atoms with Crippen molar-refractivity contribution in [3.63, 3.8) is 0 Å². The summed E-state index contributed by atoms with van der Waals surface area (Å²) >= 11 is 4.31. The van der Waals surface area contributed by atoms with Crippen molar-refractivity contribution in [3.8, 4) is 0 Å². The lowest BCUT2D eigenvalue weighted by Gasteiger charge is -2.07. The Morgan fingerprint density at radius 2 is 2.17 bits per heavy atom. The Morgan fingerprint density at radius 3 is 2.78 bits per heavy atom. The first-order chi connectivity index (χ1) is 8.58. The summed E-state index contributed by atoms with van der Waals surface area (Å²) in [6.45, 7) is 0.345. The number of nitro groups is 1. The second kappa shape index (κ2) is 5.45. The van der Waals surface area contributed by atoms with Gasteiger partial charge >= 0.3 is 5.00 Å². The van der Waals surface area contributed by atoms with Crippen LogP contribution in [-0.4, -0.2) is 4.92 Å². The van der Waals surface area contributed by atoms with Gasteiger partial charge in [0.05, 0.1) is 10.6 Å². The van der Waals surface area contributed by atoms with E-state index in [9.17, 15) is 14.5 Å². The zero-order valence-electron chi connectivity index (χ0n) is 9.02. The van der Waals surface area contributed by atoms with E-state index in [2.05, 4.69) is 21.2 Å². The van der Waals surface area contributed by atoms with Crippen molar-refractivity contribution < 1.29 is 9.31 Å². The third-order valence-corrected chi connectivity index (χ3v) is 3.93. The molecule has 0 fully saturated rings. The zero-order chi connectivity index (χ0) is 13.1. The van der Waals surface area contributed by atoms with Gasteiger partial charge in [-0.25, -0.2) is 4.39 Å². The van der Waals surface area contributed by atoms with Crippen LogP contribution in [0.25, 0.3) is 0 Å². The van der Waals surface area contributed by atoms with E-state index in [4.69, 9.17) is 0 Å². The van der Waals surface area contributed by atoms with Gasteiger partial charge in [-0.05, 0) is 34.1 Å². The van der Waals surface area contributed by atoms with Gasteiger partial charge in [-0.15, -0.1) is 0 Å². The highest BCUT2D eigenvalue weighted by Crippen LogP contribution is 2.28. The molecule has 0 saturated carbocycles. The number of rotatable bonds is 4. The molecule has 18 heavy (non-hydrogen) atoms. The SMILES string of the molecule is O=[N+]([O-])c1ccc(CNc2c(F)cccc2Br)s1. The molecule has 0 spiro atoms. The van der Waals surface area contributed by atoms with Gasteiger partial charge in [-0.3, -0.25) is 10.1 Å². The quantitative estimate of drug-likeness (QED) is 0.676. The zero-order valence-corrected chi connectivity index (χ0v) is 11.4. The fraction of sp³-hybridized carbons (Fsp3) is 0.0909. The van der Waals surface area contributed by atoms with Gasteiger partial charge in [0, 0.05) is 22.0 Å². The van der Waals surface area contributed by atoms with Crippen LogP contribution in [0, 0.1) is 15.9 Å². The molecule has 2 rings (SSSR count). The minimum Gasteiger partial charge on any atom is -0.377 e. The maximum Gasteiger partial charge on any atom is 0.324 e. The standard InChI is InChI=1S/C11H8BrFN2O2S/c12-8-2-1-3-9(13)11(8)14-6-7-4-5-10(18-7)15(16)17/h1-5,14H,6H2. The molecular weight excluding hydrogens is 323 g/mol. The van der Waals surface area contributed by atoms with Crippen LogP contribution in [-0.2, 0) is 6.54 Å². The Kier molecular flexibility index (Phi) is 3.93. The van der Waals surface area contributed by atoms with Crippen molar-refractivity contribution in [2.75, 3.05) is 5.32 Å². The number of halogens is 2. The number of anilines is 1. The van der Waals surface area contributed by atoms with E-state index in [1.807, 2.05) is 0 Å². The molecule has 4 nitrogen and oxygen atoms in total. The topological polar surface area (TPSA) is 55.2 Å². The number of benzene rings is 1. The van der Waals surface area contributed by atoms with E-state index in [-0.39, 0.29) is 10.8 Å². The fourth-order valence-electron chi connectivity index (χ4n) is 1.40. The molecule has 0 atom stereocenters. The number of hydrogen-bond donors (Lipinski definition) is 1. The Hall–Kier alpha value is -1.47. The summed E-state index contributed by atoms with van der Waals surface area (Å²) in [4.78, 5) is 10.9. The van der Waals surface area contributed by atoms with Crippen molar-refractivity contribution >= 4 is 38.0 Å². The van der Waals surface area contributed by atoms with Crippen molar-refractivity contribution in [1.82, 2.24) is 0 Å². The summed E-state index contributed by atoms with van der Waals surface area (Å²) in [6.07, 6.45) is 0. The smallest absolute Gasteiger partial charge is 0.324 e. The van der Waals surface area contributed by atoms with Crippen molar-refractivity contribution in [3.05, 3.63) is 55.6 Å². The van der Waals surface area contributed by atoms with Crippen LogP contribution >= 0.6 is 27.3 Å². The van der Waals surface area contributed by atoms with E-state index in [0.717, 1.165) is 16.2 Å². The Balaban J connectivity index is 2.09. The van der Waals surface area contributed by atoms with Crippen molar-refractivity contribution in [2.24, 2.45) is 0 Å². The molecular formula is C11H8BrFN2O2S. The van der Waals surface area contributed by atoms with Gasteiger partial charge in [-0.2, -0.15) is 0 Å². The molecule has 1 aromatic heterocycles. The van der Waals surface area contributed by atoms with Crippen LogP contribution in [0.3, 0.4) is 0 Å². The van der Waals surface area contributed by atoms with Gasteiger partial charge < -0.3 is 5.32 Å². The predicted molar refractivity (Wildman–Crippen MR) is 72.4 cm³/mol. The van der Waals surface area contributed by atoms with Gasteiger partial charge in [0.1, 0.15) is 5.82 Å². The summed E-state index contributed by atoms with van der Waals surface area (Å²) in [5.41, 5.74) is 0.355. The predicted octanol–water partition coefficient (Wildman–Crippen LogP) is 4.17. The number of hydrogen-bond acceptors (Lipinski definition) is 4. The molecule has 0 unspecified atom stereocenters. The van der Waals surface area contributed by atoms with Crippen molar-refractivity contribution in [1.29, 1.82) is 0 Å². The average molecular weight is 331 g/mol. The van der Waals surface area contributed by atoms with Crippen LogP contribution < -0.4 is 5.32 Å². The Labute approximate surface area is 115 Å². The normalized spacial score (nSPS) is 10.3. The lowest BCUT2D eigenvalue weighted by molar-refractivity contribution is -0.380. The molecule has 1 heterocycles. The highest BCUT2D eigenvalue weighted by atomic mass is 79.9. The molecule has 0 aliphatic rings. The molecule has 0 aliphatic heterocycles. The van der Waals surface area contributed by atoms with Gasteiger partial charge in [-0.1, -0.05) is 17.4 Å². The summed E-state index contributed by atoms with van der Waals surface area (Å²) in [5, 5.41) is 13.5. The summed E-state index contributed by atoms with van der Waals surface area (Å²) in [5.74, 6) is -0.365. The van der Waals surface area contributed by atoms with Crippen molar-refractivity contribution in [2.45, 2.75) is 6.54 Å². The lowest BCUT2D eigenvalue weighted by atomic mass is 10.3. The number of nitrogens with zero attached hydrogens (tertiary/aromatic N) is 1. The second-order valence-corrected chi connectivity index (χ2v) is 5.45.